The predicted molar refractivity (Wildman–Crippen MR) is 74.3 cm³/mol. The van der Waals surface area contributed by atoms with Crippen LogP contribution in [0.2, 0.25) is 5.02 Å². The fourth-order valence-corrected chi connectivity index (χ4v) is 2.16. The van der Waals surface area contributed by atoms with Crippen molar-refractivity contribution in [3.63, 3.8) is 0 Å². The molecule has 1 aliphatic heterocycles. The molecule has 0 bridgehead atoms. The fraction of sp³-hybridized carbons (Fsp3) is 0.385. The number of urea groups is 1. The SMILES string of the molecule is CC1CNC(=O)CCN1C(=O)Nc1cccc(Cl)c1. The monoisotopic (exact) mass is 281 g/mol. The molecule has 1 aliphatic rings. The summed E-state index contributed by atoms with van der Waals surface area (Å²) in [6, 6.07) is 6.72. The molecule has 19 heavy (non-hydrogen) atoms. The summed E-state index contributed by atoms with van der Waals surface area (Å²) in [4.78, 5) is 25.1. The lowest BCUT2D eigenvalue weighted by atomic mass is 10.3. The fourth-order valence-electron chi connectivity index (χ4n) is 1.97. The Kier molecular flexibility index (Phi) is 4.27. The Labute approximate surface area is 116 Å². The molecule has 6 heteroatoms. The van der Waals surface area contributed by atoms with Crippen LogP contribution in [0.3, 0.4) is 0 Å². The van der Waals surface area contributed by atoms with Gasteiger partial charge in [0.1, 0.15) is 0 Å². The topological polar surface area (TPSA) is 61.4 Å². The van der Waals surface area contributed by atoms with Gasteiger partial charge in [-0.3, -0.25) is 4.79 Å². The summed E-state index contributed by atoms with van der Waals surface area (Å²) >= 11 is 5.87. The third-order valence-electron chi connectivity index (χ3n) is 3.04. The van der Waals surface area contributed by atoms with Crippen molar-refractivity contribution in [1.29, 1.82) is 0 Å². The molecule has 3 amide bonds. The third-order valence-corrected chi connectivity index (χ3v) is 3.28. The van der Waals surface area contributed by atoms with Gasteiger partial charge in [-0.15, -0.1) is 0 Å². The first-order valence-corrected chi connectivity index (χ1v) is 6.54. The van der Waals surface area contributed by atoms with Gasteiger partial charge in [-0.1, -0.05) is 17.7 Å². The Morgan fingerprint density at radius 2 is 2.32 bits per heavy atom. The Balaban J connectivity index is 2.04. The third kappa shape index (κ3) is 3.61. The summed E-state index contributed by atoms with van der Waals surface area (Å²) < 4.78 is 0. The molecule has 102 valence electrons. The number of nitrogens with one attached hydrogen (secondary N) is 2. The van der Waals surface area contributed by atoms with Crippen molar-refractivity contribution < 1.29 is 9.59 Å². The molecule has 1 aromatic carbocycles. The molecule has 0 saturated carbocycles. The minimum absolute atomic E-state index is 0.0232. The van der Waals surface area contributed by atoms with E-state index in [-0.39, 0.29) is 18.0 Å². The Morgan fingerprint density at radius 1 is 1.53 bits per heavy atom. The van der Waals surface area contributed by atoms with Crippen LogP contribution in [0.25, 0.3) is 0 Å². The van der Waals surface area contributed by atoms with Crippen molar-refractivity contribution in [2.75, 3.05) is 18.4 Å². The van der Waals surface area contributed by atoms with Crippen LogP contribution in [0.5, 0.6) is 0 Å². The summed E-state index contributed by atoms with van der Waals surface area (Å²) in [6.45, 7) is 2.80. The van der Waals surface area contributed by atoms with E-state index in [2.05, 4.69) is 10.6 Å². The highest BCUT2D eigenvalue weighted by molar-refractivity contribution is 6.30. The molecule has 0 radical (unpaired) electrons. The smallest absolute Gasteiger partial charge is 0.322 e. The van der Waals surface area contributed by atoms with E-state index in [1.165, 1.54) is 0 Å². The average molecular weight is 282 g/mol. The normalized spacial score (nSPS) is 19.6. The highest BCUT2D eigenvalue weighted by Crippen LogP contribution is 2.16. The van der Waals surface area contributed by atoms with Crippen molar-refractivity contribution in [2.24, 2.45) is 0 Å². The molecule has 1 saturated heterocycles. The second-order valence-corrected chi connectivity index (χ2v) is 4.97. The van der Waals surface area contributed by atoms with Crippen molar-refractivity contribution in [3.8, 4) is 0 Å². The number of benzene rings is 1. The zero-order valence-corrected chi connectivity index (χ0v) is 11.4. The number of nitrogens with zero attached hydrogens (tertiary/aromatic N) is 1. The van der Waals surface area contributed by atoms with Crippen LogP contribution >= 0.6 is 11.6 Å². The number of carbonyl (C=O) groups is 2. The zero-order chi connectivity index (χ0) is 13.8. The van der Waals surface area contributed by atoms with Crippen LogP contribution < -0.4 is 10.6 Å². The van der Waals surface area contributed by atoms with Crippen molar-refractivity contribution >= 4 is 29.2 Å². The van der Waals surface area contributed by atoms with Gasteiger partial charge in [-0.05, 0) is 25.1 Å². The van der Waals surface area contributed by atoms with Crippen molar-refractivity contribution in [2.45, 2.75) is 19.4 Å². The van der Waals surface area contributed by atoms with Gasteiger partial charge < -0.3 is 15.5 Å². The molecule has 1 heterocycles. The molecule has 1 atom stereocenters. The van der Waals surface area contributed by atoms with Gasteiger partial charge >= 0.3 is 6.03 Å². The van der Waals surface area contributed by atoms with E-state index < -0.39 is 0 Å². The summed E-state index contributed by atoms with van der Waals surface area (Å²) in [7, 11) is 0. The lowest BCUT2D eigenvalue weighted by Gasteiger charge is -2.26. The summed E-state index contributed by atoms with van der Waals surface area (Å²) in [5, 5.41) is 6.13. The number of halogens is 1. The lowest BCUT2D eigenvalue weighted by molar-refractivity contribution is -0.120. The predicted octanol–water partition coefficient (Wildman–Crippen LogP) is 2.08. The van der Waals surface area contributed by atoms with E-state index in [4.69, 9.17) is 11.6 Å². The zero-order valence-electron chi connectivity index (χ0n) is 10.6. The lowest BCUT2D eigenvalue weighted by Crippen LogP contribution is -2.44. The summed E-state index contributed by atoms with van der Waals surface area (Å²) in [5.41, 5.74) is 0.647. The van der Waals surface area contributed by atoms with Gasteiger partial charge in [-0.25, -0.2) is 4.79 Å². The van der Waals surface area contributed by atoms with Gasteiger partial charge in [0.05, 0.1) is 0 Å². The molecule has 1 aromatic rings. The van der Waals surface area contributed by atoms with E-state index in [1.54, 1.807) is 29.2 Å². The maximum absolute atomic E-state index is 12.2. The van der Waals surface area contributed by atoms with Gasteiger partial charge in [-0.2, -0.15) is 0 Å². The Bertz CT molecular complexity index is 493. The molecule has 2 N–H and O–H groups in total. The van der Waals surface area contributed by atoms with Crippen LogP contribution in [0.1, 0.15) is 13.3 Å². The van der Waals surface area contributed by atoms with E-state index in [0.717, 1.165) is 0 Å². The van der Waals surface area contributed by atoms with E-state index in [1.807, 2.05) is 6.92 Å². The van der Waals surface area contributed by atoms with E-state index >= 15 is 0 Å². The first-order chi connectivity index (χ1) is 9.06. The molecule has 0 aliphatic carbocycles. The number of hydrogen-bond donors (Lipinski definition) is 2. The molecule has 0 aromatic heterocycles. The number of anilines is 1. The first-order valence-electron chi connectivity index (χ1n) is 6.16. The van der Waals surface area contributed by atoms with Gasteiger partial charge in [0, 0.05) is 36.3 Å². The first kappa shape index (κ1) is 13.7. The molecule has 5 nitrogen and oxygen atoms in total. The van der Waals surface area contributed by atoms with Gasteiger partial charge in [0.25, 0.3) is 0 Å². The molecular formula is C13H16ClN3O2. The molecule has 2 rings (SSSR count). The number of amides is 3. The molecule has 1 unspecified atom stereocenters. The van der Waals surface area contributed by atoms with Gasteiger partial charge in [0.2, 0.25) is 5.91 Å². The maximum atomic E-state index is 12.2. The second kappa shape index (κ2) is 5.93. The molecular weight excluding hydrogens is 266 g/mol. The summed E-state index contributed by atoms with van der Waals surface area (Å²) in [5.74, 6) is -0.0232. The number of hydrogen-bond acceptors (Lipinski definition) is 2. The van der Waals surface area contributed by atoms with Gasteiger partial charge in [0.15, 0.2) is 0 Å². The van der Waals surface area contributed by atoms with Crippen LogP contribution in [0, 0.1) is 0 Å². The minimum atomic E-state index is -0.216. The largest absolute Gasteiger partial charge is 0.354 e. The number of carbonyl (C=O) groups excluding carboxylic acids is 2. The Morgan fingerprint density at radius 3 is 3.05 bits per heavy atom. The highest BCUT2D eigenvalue weighted by Gasteiger charge is 2.24. The van der Waals surface area contributed by atoms with Crippen molar-refractivity contribution in [1.82, 2.24) is 10.2 Å². The van der Waals surface area contributed by atoms with Crippen LogP contribution in [0.15, 0.2) is 24.3 Å². The van der Waals surface area contributed by atoms with Crippen molar-refractivity contribution in [3.05, 3.63) is 29.3 Å². The quantitative estimate of drug-likeness (QED) is 0.828. The van der Waals surface area contributed by atoms with Crippen LogP contribution in [-0.4, -0.2) is 36.0 Å². The number of rotatable bonds is 1. The average Bonchev–Trinajstić information content (AvgIpc) is 2.52. The highest BCUT2D eigenvalue weighted by atomic mass is 35.5. The van der Waals surface area contributed by atoms with Crippen LogP contribution in [0.4, 0.5) is 10.5 Å². The van der Waals surface area contributed by atoms with E-state index in [0.29, 0.717) is 30.2 Å². The standard InChI is InChI=1S/C13H16ClN3O2/c1-9-8-15-12(18)5-6-17(9)13(19)16-11-4-2-3-10(14)7-11/h2-4,7,9H,5-6,8H2,1H3,(H,15,18)(H,16,19). The second-order valence-electron chi connectivity index (χ2n) is 4.54. The molecule has 0 spiro atoms. The molecule has 1 fully saturated rings. The summed E-state index contributed by atoms with van der Waals surface area (Å²) in [6.07, 6.45) is 0.327. The van der Waals surface area contributed by atoms with Crippen LogP contribution in [-0.2, 0) is 4.79 Å². The Hall–Kier alpha value is -1.75. The maximum Gasteiger partial charge on any atom is 0.322 e. The minimum Gasteiger partial charge on any atom is -0.354 e. The van der Waals surface area contributed by atoms with E-state index in [9.17, 15) is 9.59 Å².